The van der Waals surface area contributed by atoms with E-state index in [-0.39, 0.29) is 24.7 Å². The number of anilines is 15. The largest absolute Gasteiger partial charge is 0.353 e. The van der Waals surface area contributed by atoms with Crippen LogP contribution in [-0.2, 0) is 0 Å². The molecule has 0 radical (unpaired) electrons. The van der Waals surface area contributed by atoms with Crippen molar-refractivity contribution in [3.8, 4) is 0 Å². The average molecular weight is 1260 g/mol. The molecule has 0 aliphatic carbocycles. The maximum Gasteiger partial charge on any atom is 0.158 e. The van der Waals surface area contributed by atoms with E-state index < -0.39 is 19.8 Å². The number of fused-ring (bicyclic) bond motifs is 5. The average Bonchev–Trinajstić information content (AvgIpc) is 1.60. The van der Waals surface area contributed by atoms with Crippen LogP contribution in [0, 0.1) is 34.6 Å². The molecule has 2 aromatic heterocycles. The summed E-state index contributed by atoms with van der Waals surface area (Å²) in [4.78, 5) is 30.5. The minimum absolute atomic E-state index is 0.254. The molecule has 0 spiro atoms. The molecule has 0 fully saturated rings. The summed E-state index contributed by atoms with van der Waals surface area (Å²) in [5.74, 6) is 2.09. The van der Waals surface area contributed by atoms with Crippen molar-refractivity contribution in [2.75, 3.05) is 70.1 Å². The summed E-state index contributed by atoms with van der Waals surface area (Å²) in [6.45, 7) is 22.5. The van der Waals surface area contributed by atoms with Crippen molar-refractivity contribution in [1.82, 2.24) is 9.97 Å². The quantitative estimate of drug-likeness (QED) is 0.153. The lowest BCUT2D eigenvalue weighted by Crippen LogP contribution is -2.42. The van der Waals surface area contributed by atoms with Gasteiger partial charge in [0, 0.05) is 82.2 Å². The molecule has 484 valence electrons. The molecule has 12 heteroatoms. The van der Waals surface area contributed by atoms with E-state index in [1.54, 1.807) is 4.90 Å². The van der Waals surface area contributed by atoms with Crippen molar-refractivity contribution < 1.29 is 9.60 Å². The summed E-state index contributed by atoms with van der Waals surface area (Å²) in [5, 5.41) is 0. The molecule has 94 heavy (non-hydrogen) atoms. The van der Waals surface area contributed by atoms with E-state index in [1.165, 1.54) is 68.3 Å². The zero-order valence-electron chi connectivity index (χ0n) is 64.3. The summed E-state index contributed by atoms with van der Waals surface area (Å²) in [7, 11) is 4.21. The molecule has 15 rings (SSSR count). The molecule has 10 aromatic rings. The fourth-order valence-corrected chi connectivity index (χ4v) is 14.0. The van der Waals surface area contributed by atoms with Gasteiger partial charge in [0.15, 0.2) is 11.6 Å². The van der Waals surface area contributed by atoms with Gasteiger partial charge in [-0.1, -0.05) is 127 Å². The Morgan fingerprint density at radius 1 is 0.309 bits per heavy atom. The van der Waals surface area contributed by atoms with Crippen LogP contribution in [0.1, 0.15) is 99.7 Å². The Kier molecular flexibility index (Phi) is 17.0. The minimum Gasteiger partial charge on any atom is -0.353 e. The molecule has 8 aromatic carbocycles. The van der Waals surface area contributed by atoms with E-state index in [1.807, 2.05) is 149 Å². The first-order valence-corrected chi connectivity index (χ1v) is 32.8. The van der Waals surface area contributed by atoms with Crippen LogP contribution in [0.3, 0.4) is 0 Å². The van der Waals surface area contributed by atoms with Crippen LogP contribution in [0.5, 0.6) is 0 Å². The minimum atomic E-state index is -2.42. The van der Waals surface area contributed by atoms with Gasteiger partial charge in [0.05, 0.1) is 46.9 Å². The summed E-state index contributed by atoms with van der Waals surface area (Å²) >= 11 is 0. The van der Waals surface area contributed by atoms with Crippen LogP contribution in [-0.4, -0.2) is 73.9 Å². The molecular weight excluding hydrogens is 1150 g/mol. The van der Waals surface area contributed by atoms with Crippen LogP contribution >= 0.6 is 0 Å². The second-order valence-corrected chi connectivity index (χ2v) is 25.1. The fourth-order valence-electron chi connectivity index (χ4n) is 14.0. The Bertz CT molecular complexity index is 4420. The first-order valence-electron chi connectivity index (χ1n) is 36.3. The monoisotopic (exact) mass is 1260 g/mol. The number of hydrogen-bond donors (Lipinski definition) is 0. The number of benzene rings is 8. The third-order valence-corrected chi connectivity index (χ3v) is 18.9. The Balaban J connectivity index is 0.000000128. The molecule has 0 bridgehead atoms. The van der Waals surface area contributed by atoms with E-state index in [2.05, 4.69) is 228 Å². The third kappa shape index (κ3) is 12.5. The lowest BCUT2D eigenvalue weighted by molar-refractivity contribution is 0.606. The number of nitrogens with zero attached hydrogens (tertiary/aromatic N) is 12. The fraction of sp³-hybridized carbons (Fsp3) is 0.293. The Labute approximate surface area is 571 Å². The van der Waals surface area contributed by atoms with Gasteiger partial charge in [0.1, 0.15) is 30.8 Å². The van der Waals surface area contributed by atoms with Crippen molar-refractivity contribution in [1.29, 1.82) is 0 Å². The van der Waals surface area contributed by atoms with Gasteiger partial charge in [-0.05, 0) is 216 Å². The van der Waals surface area contributed by atoms with Gasteiger partial charge >= 0.3 is 0 Å². The molecule has 12 nitrogen and oxygen atoms in total. The summed E-state index contributed by atoms with van der Waals surface area (Å²) < 4.78 is 55.6. The zero-order valence-corrected chi connectivity index (χ0v) is 57.3. The standard InChI is InChI=1S/2C18H22N2.C16H18N2.2C15H17N3/c2*1-13(2)19-15(4)20(16-10-6-5-9-14(16)3)18-12-8-7-11-17(18)19;1-12-8-4-5-9-14(12)18-13(2)17(3)15-10-6-7-11-16(15)18;1-11-7-4-5-8-13(11)18-12(2)17(3)15-14(18)9-6-10-16-15;1-11-7-4-5-8-13(11)18-12(2)17(3)14-9-6-10-16-15(14)18/h2*5-13,15H,1-4H3;4-11,13H,1-3H3;2*4-10,12H,1-3H3/t2*15-;13-;2*12-/m00000/s1/i1D3,13D;;3D3;;/t13?,15-;;m;;. The Hall–Kier alpha value is -9.94. The number of para-hydroxylation sites is 11. The first kappa shape index (κ1) is 56.8. The highest BCUT2D eigenvalue weighted by atomic mass is 15.5. The van der Waals surface area contributed by atoms with Crippen LogP contribution < -0.4 is 49.0 Å². The predicted molar refractivity (Wildman–Crippen MR) is 402 cm³/mol. The van der Waals surface area contributed by atoms with Crippen molar-refractivity contribution in [3.63, 3.8) is 0 Å². The van der Waals surface area contributed by atoms with Gasteiger partial charge in [-0.3, -0.25) is 0 Å². The van der Waals surface area contributed by atoms with E-state index in [4.69, 9.17) is 9.60 Å². The second kappa shape index (κ2) is 28.1. The van der Waals surface area contributed by atoms with Crippen LogP contribution in [0.4, 0.5) is 85.6 Å². The summed E-state index contributed by atoms with van der Waals surface area (Å²) in [6, 6.07) is 72.7. The second-order valence-electron chi connectivity index (χ2n) is 25.1. The topological polar surface area (TPSA) is 58.2 Å². The molecule has 6 atom stereocenters. The smallest absolute Gasteiger partial charge is 0.158 e. The van der Waals surface area contributed by atoms with Crippen molar-refractivity contribution in [2.45, 2.75) is 140 Å². The number of pyridine rings is 2. The molecule has 5 aliphatic heterocycles. The van der Waals surface area contributed by atoms with Gasteiger partial charge in [0.25, 0.3) is 0 Å². The Morgan fingerprint density at radius 3 is 1.02 bits per heavy atom. The van der Waals surface area contributed by atoms with Gasteiger partial charge < -0.3 is 49.0 Å². The van der Waals surface area contributed by atoms with Gasteiger partial charge in [-0.15, -0.1) is 0 Å². The number of hydrogen-bond acceptors (Lipinski definition) is 12. The third-order valence-electron chi connectivity index (χ3n) is 18.9. The molecule has 0 amide bonds. The highest BCUT2D eigenvalue weighted by Crippen LogP contribution is 2.49. The lowest BCUT2D eigenvalue weighted by Gasteiger charge is -2.33. The van der Waals surface area contributed by atoms with Crippen molar-refractivity contribution in [3.05, 3.63) is 259 Å². The number of aromatic nitrogens is 2. The molecule has 5 aliphatic rings. The molecule has 0 N–H and O–H groups in total. The highest BCUT2D eigenvalue weighted by Gasteiger charge is 2.39. The van der Waals surface area contributed by atoms with E-state index in [0.717, 1.165) is 56.9 Å². The predicted octanol–water partition coefficient (Wildman–Crippen LogP) is 20.0. The molecule has 0 saturated heterocycles. The normalized spacial score (nSPS) is 19.9. The molecular formula is C82H96N12. The van der Waals surface area contributed by atoms with Crippen molar-refractivity contribution >= 4 is 85.6 Å². The molecule has 0 saturated carbocycles. The van der Waals surface area contributed by atoms with Crippen LogP contribution in [0.25, 0.3) is 0 Å². The highest BCUT2D eigenvalue weighted by molar-refractivity contribution is 5.88. The van der Waals surface area contributed by atoms with E-state index >= 15 is 0 Å². The summed E-state index contributed by atoms with van der Waals surface area (Å²) in [5.41, 5.74) is 20.4. The van der Waals surface area contributed by atoms with Crippen molar-refractivity contribution in [2.24, 2.45) is 0 Å². The van der Waals surface area contributed by atoms with E-state index in [9.17, 15) is 0 Å². The van der Waals surface area contributed by atoms with E-state index in [0.29, 0.717) is 12.2 Å². The number of rotatable bonds is 7. The molecule has 1 unspecified atom stereocenters. The Morgan fingerprint density at radius 2 is 0.606 bits per heavy atom. The summed E-state index contributed by atoms with van der Waals surface area (Å²) in [6.07, 6.45) is 4.10. The van der Waals surface area contributed by atoms with Crippen LogP contribution in [0.15, 0.2) is 231 Å². The SMILES string of the molecule is Cc1ccccc1N1c2ccccc2N(C(C)C)[C@@H]1C.Cc1ccccc1N1c2cccnc2N(C)[C@@H]1C.Cc1ccccc1N1c2ncccc2N(C)[C@@H]1C.[2H]C([2H])([2H])C([2H])(C)N1c2ccccc2N(c2ccccc2C)[C@H]1C.[2H]C([2H])([2H])N1c2ccccc2N(c2ccccc2C)[C@H]1C. The molecule has 7 heterocycles. The first-order chi connectivity index (χ1) is 48.1. The zero-order chi connectivity index (χ0) is 72.6. The lowest BCUT2D eigenvalue weighted by atomic mass is 10.1. The number of aryl methyl sites for hydroxylation is 5. The van der Waals surface area contributed by atoms with Gasteiger partial charge in [0.2, 0.25) is 0 Å². The van der Waals surface area contributed by atoms with Gasteiger partial charge in [-0.2, -0.15) is 0 Å². The van der Waals surface area contributed by atoms with Gasteiger partial charge in [-0.25, -0.2) is 9.97 Å². The maximum absolute atomic E-state index is 8.58. The van der Waals surface area contributed by atoms with Crippen LogP contribution in [0.2, 0.25) is 0 Å². The maximum atomic E-state index is 8.58.